The minimum absolute atomic E-state index is 0.574. The smallest absolute Gasteiger partial charge is 0.134 e. The molecule has 0 aliphatic heterocycles. The quantitative estimate of drug-likeness (QED) is 0.825. The van der Waals surface area contributed by atoms with Crippen LogP contribution in [-0.2, 0) is 0 Å². The van der Waals surface area contributed by atoms with Crippen molar-refractivity contribution >= 4 is 11.6 Å². The molecule has 2 N–H and O–H groups in total. The van der Waals surface area contributed by atoms with E-state index in [4.69, 9.17) is 0 Å². The highest BCUT2D eigenvalue weighted by atomic mass is 15.1. The molecule has 4 heteroatoms. The summed E-state index contributed by atoms with van der Waals surface area (Å²) in [6, 6.07) is 0.574. The molecule has 0 unspecified atom stereocenters. The van der Waals surface area contributed by atoms with Gasteiger partial charge < -0.3 is 10.6 Å². The Morgan fingerprint density at radius 3 is 2.45 bits per heavy atom. The second-order valence-electron chi connectivity index (χ2n) is 5.89. The molecule has 0 saturated heterocycles. The van der Waals surface area contributed by atoms with Gasteiger partial charge in [-0.15, -0.1) is 0 Å². The molecule has 0 amide bonds. The highest BCUT2D eigenvalue weighted by Gasteiger charge is 2.20. The maximum absolute atomic E-state index is 4.42. The Bertz CT molecular complexity index is 411. The van der Waals surface area contributed by atoms with E-state index in [1.807, 2.05) is 0 Å². The van der Waals surface area contributed by atoms with E-state index in [1.54, 1.807) is 6.33 Å². The summed E-state index contributed by atoms with van der Waals surface area (Å²) < 4.78 is 0. The maximum atomic E-state index is 4.42. The van der Waals surface area contributed by atoms with Crippen LogP contribution in [0.1, 0.15) is 57.9 Å². The van der Waals surface area contributed by atoms with Gasteiger partial charge in [0.1, 0.15) is 18.0 Å². The summed E-state index contributed by atoms with van der Waals surface area (Å²) in [7, 11) is 0. The molecule has 0 spiro atoms. The van der Waals surface area contributed by atoms with Gasteiger partial charge in [-0.25, -0.2) is 9.97 Å². The van der Waals surface area contributed by atoms with Crippen LogP contribution in [0.25, 0.3) is 0 Å². The number of hydrogen-bond acceptors (Lipinski definition) is 4. The van der Waals surface area contributed by atoms with Gasteiger partial charge in [-0.05, 0) is 44.9 Å². The lowest BCUT2D eigenvalue weighted by atomic mass is 9.84. The summed E-state index contributed by atoms with van der Waals surface area (Å²) in [5.41, 5.74) is 1.14. The molecule has 1 saturated carbocycles. The third-order valence-electron chi connectivity index (χ3n) is 4.39. The second kappa shape index (κ2) is 7.46. The number of anilines is 2. The predicted octanol–water partition coefficient (Wildman–Crippen LogP) is 3.99. The van der Waals surface area contributed by atoms with Gasteiger partial charge in [-0.1, -0.05) is 20.3 Å². The van der Waals surface area contributed by atoms with Crippen molar-refractivity contribution in [3.63, 3.8) is 0 Å². The van der Waals surface area contributed by atoms with Crippen LogP contribution in [0.3, 0.4) is 0 Å². The van der Waals surface area contributed by atoms with Gasteiger partial charge in [-0.3, -0.25) is 0 Å². The molecule has 1 aromatic heterocycles. The molecule has 1 aliphatic rings. The van der Waals surface area contributed by atoms with E-state index in [9.17, 15) is 0 Å². The zero-order valence-corrected chi connectivity index (χ0v) is 13.1. The number of nitrogens with zero attached hydrogens (tertiary/aromatic N) is 2. The molecule has 2 rings (SSSR count). The highest BCUT2D eigenvalue weighted by molar-refractivity contribution is 5.56. The van der Waals surface area contributed by atoms with Crippen molar-refractivity contribution < 1.29 is 0 Å². The molecule has 0 atom stereocenters. The van der Waals surface area contributed by atoms with E-state index >= 15 is 0 Å². The van der Waals surface area contributed by atoms with Crippen LogP contribution >= 0.6 is 0 Å². The van der Waals surface area contributed by atoms with E-state index < -0.39 is 0 Å². The first kappa shape index (κ1) is 15.1. The number of aromatic nitrogens is 2. The van der Waals surface area contributed by atoms with Crippen molar-refractivity contribution in [1.82, 2.24) is 9.97 Å². The zero-order chi connectivity index (χ0) is 14.4. The molecule has 0 bridgehead atoms. The SMILES string of the molecule is CCCNc1ncnc(NC2CCC(CC)CC2)c1C. The Hall–Kier alpha value is -1.32. The first-order valence-corrected chi connectivity index (χ1v) is 8.06. The molecule has 4 nitrogen and oxygen atoms in total. The third-order valence-corrected chi connectivity index (χ3v) is 4.39. The van der Waals surface area contributed by atoms with Crippen LogP contribution in [0.15, 0.2) is 6.33 Å². The van der Waals surface area contributed by atoms with Gasteiger partial charge in [0, 0.05) is 18.2 Å². The Kier molecular flexibility index (Phi) is 5.62. The van der Waals surface area contributed by atoms with Crippen molar-refractivity contribution in [3.05, 3.63) is 11.9 Å². The molecule has 1 fully saturated rings. The molecule has 1 heterocycles. The first-order chi connectivity index (χ1) is 9.74. The molecule has 112 valence electrons. The molecule has 0 radical (unpaired) electrons. The first-order valence-electron chi connectivity index (χ1n) is 8.06. The molecular formula is C16H28N4. The van der Waals surface area contributed by atoms with Gasteiger partial charge in [0.15, 0.2) is 0 Å². The van der Waals surface area contributed by atoms with Crippen molar-refractivity contribution in [2.75, 3.05) is 17.2 Å². The fraction of sp³-hybridized carbons (Fsp3) is 0.750. The number of rotatable bonds is 6. The fourth-order valence-electron chi connectivity index (χ4n) is 2.93. The zero-order valence-electron chi connectivity index (χ0n) is 13.1. The van der Waals surface area contributed by atoms with Crippen LogP contribution in [0.5, 0.6) is 0 Å². The van der Waals surface area contributed by atoms with Crippen molar-refractivity contribution in [2.24, 2.45) is 5.92 Å². The van der Waals surface area contributed by atoms with Crippen LogP contribution in [-0.4, -0.2) is 22.6 Å². The van der Waals surface area contributed by atoms with Gasteiger partial charge in [0.2, 0.25) is 0 Å². The van der Waals surface area contributed by atoms with Gasteiger partial charge in [0.25, 0.3) is 0 Å². The monoisotopic (exact) mass is 276 g/mol. The average molecular weight is 276 g/mol. The fourth-order valence-corrected chi connectivity index (χ4v) is 2.93. The van der Waals surface area contributed by atoms with Crippen LogP contribution in [0.2, 0.25) is 0 Å². The van der Waals surface area contributed by atoms with Crippen molar-refractivity contribution in [3.8, 4) is 0 Å². The average Bonchev–Trinajstić information content (AvgIpc) is 2.49. The Morgan fingerprint density at radius 2 is 1.80 bits per heavy atom. The third kappa shape index (κ3) is 3.84. The van der Waals surface area contributed by atoms with Crippen molar-refractivity contribution in [2.45, 2.75) is 65.3 Å². The lowest BCUT2D eigenvalue weighted by molar-refractivity contribution is 0.330. The van der Waals surface area contributed by atoms with Crippen LogP contribution in [0, 0.1) is 12.8 Å². The summed E-state index contributed by atoms with van der Waals surface area (Å²) in [4.78, 5) is 8.75. The topological polar surface area (TPSA) is 49.8 Å². The van der Waals surface area contributed by atoms with E-state index in [-0.39, 0.29) is 0 Å². The maximum Gasteiger partial charge on any atom is 0.134 e. The molecule has 1 aliphatic carbocycles. The number of nitrogens with one attached hydrogen (secondary N) is 2. The van der Waals surface area contributed by atoms with Gasteiger partial charge in [0.05, 0.1) is 0 Å². The summed E-state index contributed by atoms with van der Waals surface area (Å²) >= 11 is 0. The van der Waals surface area contributed by atoms with E-state index in [1.165, 1.54) is 32.1 Å². The molecule has 20 heavy (non-hydrogen) atoms. The Labute approximate surface area is 122 Å². The Morgan fingerprint density at radius 1 is 1.10 bits per heavy atom. The molecule has 0 aromatic carbocycles. The van der Waals surface area contributed by atoms with E-state index in [0.29, 0.717) is 6.04 Å². The highest BCUT2D eigenvalue weighted by Crippen LogP contribution is 2.29. The molecule has 1 aromatic rings. The summed E-state index contributed by atoms with van der Waals surface area (Å²) in [6.45, 7) is 7.52. The van der Waals surface area contributed by atoms with E-state index in [0.717, 1.165) is 36.1 Å². The minimum atomic E-state index is 0.574. The van der Waals surface area contributed by atoms with Gasteiger partial charge >= 0.3 is 0 Å². The summed E-state index contributed by atoms with van der Waals surface area (Å²) in [5, 5.41) is 6.98. The number of hydrogen-bond donors (Lipinski definition) is 2. The van der Waals surface area contributed by atoms with Gasteiger partial charge in [-0.2, -0.15) is 0 Å². The second-order valence-corrected chi connectivity index (χ2v) is 5.89. The predicted molar refractivity (Wildman–Crippen MR) is 85.2 cm³/mol. The van der Waals surface area contributed by atoms with E-state index in [2.05, 4.69) is 41.4 Å². The Balaban J connectivity index is 1.95. The lowest BCUT2D eigenvalue weighted by Gasteiger charge is -2.29. The van der Waals surface area contributed by atoms with Crippen molar-refractivity contribution in [1.29, 1.82) is 0 Å². The minimum Gasteiger partial charge on any atom is -0.370 e. The van der Waals surface area contributed by atoms with Crippen LogP contribution < -0.4 is 10.6 Å². The summed E-state index contributed by atoms with van der Waals surface area (Å²) in [5.74, 6) is 2.89. The largest absolute Gasteiger partial charge is 0.370 e. The molecular weight excluding hydrogens is 248 g/mol. The normalized spacial score (nSPS) is 22.6. The standard InChI is InChI=1S/C16H28N4/c1-4-10-17-15-12(3)16(19-11-18-15)20-14-8-6-13(5-2)7-9-14/h11,13-14H,4-10H2,1-3H3,(H2,17,18,19,20). The lowest BCUT2D eigenvalue weighted by Crippen LogP contribution is -2.27. The van der Waals surface area contributed by atoms with Crippen LogP contribution in [0.4, 0.5) is 11.6 Å². The summed E-state index contributed by atoms with van der Waals surface area (Å²) in [6.07, 6.45) is 9.31.